The molecule has 1 amide bonds. The van der Waals surface area contributed by atoms with Gasteiger partial charge >= 0.3 is 0 Å². The molecule has 0 atom stereocenters. The number of nitrogens with one attached hydrogen (secondary N) is 1. The summed E-state index contributed by atoms with van der Waals surface area (Å²) in [6.07, 6.45) is 0. The summed E-state index contributed by atoms with van der Waals surface area (Å²) in [5.74, 6) is 0.952. The summed E-state index contributed by atoms with van der Waals surface area (Å²) >= 11 is 6.30. The van der Waals surface area contributed by atoms with E-state index in [0.717, 1.165) is 5.56 Å². The zero-order valence-corrected chi connectivity index (χ0v) is 16.4. The van der Waals surface area contributed by atoms with E-state index in [1.165, 1.54) is 21.3 Å². The molecular formula is C20H24ClNO4. The Morgan fingerprint density at radius 2 is 1.65 bits per heavy atom. The lowest BCUT2D eigenvalue weighted by atomic mass is 9.84. The van der Waals surface area contributed by atoms with E-state index in [0.29, 0.717) is 34.4 Å². The van der Waals surface area contributed by atoms with Crippen LogP contribution in [0.1, 0.15) is 29.8 Å². The molecule has 5 nitrogen and oxygen atoms in total. The molecule has 0 heterocycles. The zero-order valence-electron chi connectivity index (χ0n) is 15.7. The van der Waals surface area contributed by atoms with Gasteiger partial charge in [0.1, 0.15) is 0 Å². The third kappa shape index (κ3) is 4.05. The van der Waals surface area contributed by atoms with Gasteiger partial charge < -0.3 is 19.5 Å². The lowest BCUT2D eigenvalue weighted by molar-refractivity contribution is 0.0942. The Bertz CT molecular complexity index is 789. The third-order valence-corrected chi connectivity index (χ3v) is 4.57. The van der Waals surface area contributed by atoms with Gasteiger partial charge in [-0.2, -0.15) is 0 Å². The summed E-state index contributed by atoms with van der Waals surface area (Å²) in [5, 5.41) is 3.63. The predicted molar refractivity (Wildman–Crippen MR) is 103 cm³/mol. The summed E-state index contributed by atoms with van der Waals surface area (Å²) in [6, 6.07) is 11.0. The number of carbonyl (C=O) groups excluding carboxylic acids is 1. The maximum absolute atomic E-state index is 12.7. The Morgan fingerprint density at radius 1 is 1.00 bits per heavy atom. The summed E-state index contributed by atoms with van der Waals surface area (Å²) in [4.78, 5) is 12.7. The van der Waals surface area contributed by atoms with Crippen molar-refractivity contribution in [2.75, 3.05) is 27.9 Å². The van der Waals surface area contributed by atoms with Gasteiger partial charge in [0, 0.05) is 17.0 Å². The largest absolute Gasteiger partial charge is 0.493 e. The van der Waals surface area contributed by atoms with Crippen molar-refractivity contribution >= 4 is 17.5 Å². The van der Waals surface area contributed by atoms with Crippen molar-refractivity contribution in [1.82, 2.24) is 5.32 Å². The van der Waals surface area contributed by atoms with Gasteiger partial charge in [-0.05, 0) is 23.8 Å². The van der Waals surface area contributed by atoms with Crippen molar-refractivity contribution in [3.05, 3.63) is 52.5 Å². The van der Waals surface area contributed by atoms with Crippen LogP contribution in [-0.4, -0.2) is 33.8 Å². The number of carbonyl (C=O) groups is 1. The molecule has 0 spiro atoms. The van der Waals surface area contributed by atoms with Crippen LogP contribution in [-0.2, 0) is 5.41 Å². The number of halogens is 1. The lowest BCUT2D eigenvalue weighted by Crippen LogP contribution is -2.37. The van der Waals surface area contributed by atoms with Crippen molar-refractivity contribution in [2.24, 2.45) is 0 Å². The molecule has 2 rings (SSSR count). The highest BCUT2D eigenvalue weighted by molar-refractivity contribution is 6.31. The van der Waals surface area contributed by atoms with E-state index in [1.807, 2.05) is 38.1 Å². The minimum atomic E-state index is -0.336. The lowest BCUT2D eigenvalue weighted by Gasteiger charge is -2.27. The molecule has 2 aromatic rings. The molecule has 0 saturated heterocycles. The van der Waals surface area contributed by atoms with Gasteiger partial charge in [0.25, 0.3) is 5.91 Å². The van der Waals surface area contributed by atoms with Crippen molar-refractivity contribution in [3.8, 4) is 17.2 Å². The molecule has 0 radical (unpaired) electrons. The molecular weight excluding hydrogens is 354 g/mol. The maximum Gasteiger partial charge on any atom is 0.255 e. The van der Waals surface area contributed by atoms with Crippen LogP contribution in [0.3, 0.4) is 0 Å². The Morgan fingerprint density at radius 3 is 2.23 bits per heavy atom. The van der Waals surface area contributed by atoms with Gasteiger partial charge in [-0.1, -0.05) is 43.6 Å². The smallest absolute Gasteiger partial charge is 0.255 e. The van der Waals surface area contributed by atoms with E-state index < -0.39 is 0 Å². The molecule has 6 heteroatoms. The second-order valence-electron chi connectivity index (χ2n) is 6.43. The number of rotatable bonds is 7. The molecule has 140 valence electrons. The highest BCUT2D eigenvalue weighted by Crippen LogP contribution is 2.39. The SMILES string of the molecule is COc1ccc(C(=O)NCC(C)(C)c2ccccc2Cl)c(OC)c1OC. The Labute approximate surface area is 159 Å². The number of hydrogen-bond acceptors (Lipinski definition) is 4. The number of methoxy groups -OCH3 is 3. The standard InChI is InChI=1S/C20H24ClNO4/c1-20(2,14-8-6-7-9-15(14)21)12-22-19(23)13-10-11-16(24-3)18(26-5)17(13)25-4/h6-11H,12H2,1-5H3,(H,22,23). The van der Waals surface area contributed by atoms with Gasteiger partial charge in [-0.3, -0.25) is 4.79 Å². The Kier molecular flexibility index (Phi) is 6.37. The second kappa shape index (κ2) is 8.32. The molecule has 0 saturated carbocycles. The van der Waals surface area contributed by atoms with Crippen molar-refractivity contribution in [1.29, 1.82) is 0 Å². The van der Waals surface area contributed by atoms with E-state index >= 15 is 0 Å². The molecule has 2 aromatic carbocycles. The second-order valence-corrected chi connectivity index (χ2v) is 6.84. The monoisotopic (exact) mass is 377 g/mol. The van der Waals surface area contributed by atoms with Crippen molar-refractivity contribution < 1.29 is 19.0 Å². The van der Waals surface area contributed by atoms with Crippen LogP contribution >= 0.6 is 11.6 Å². The molecule has 0 bridgehead atoms. The summed E-state index contributed by atoms with van der Waals surface area (Å²) in [7, 11) is 4.52. The summed E-state index contributed by atoms with van der Waals surface area (Å²) in [5.41, 5.74) is 1.01. The molecule has 0 aliphatic heterocycles. The van der Waals surface area contributed by atoms with E-state index in [-0.39, 0.29) is 11.3 Å². The van der Waals surface area contributed by atoms with Crippen LogP contribution in [0.25, 0.3) is 0 Å². The minimum absolute atomic E-state index is 0.261. The van der Waals surface area contributed by atoms with Gasteiger partial charge in [0.05, 0.1) is 26.9 Å². The zero-order chi connectivity index (χ0) is 19.3. The maximum atomic E-state index is 12.7. The molecule has 26 heavy (non-hydrogen) atoms. The van der Waals surface area contributed by atoms with Gasteiger partial charge in [-0.15, -0.1) is 0 Å². The van der Waals surface area contributed by atoms with Crippen LogP contribution in [0.2, 0.25) is 5.02 Å². The molecule has 0 aliphatic rings. The molecule has 0 aliphatic carbocycles. The van der Waals surface area contributed by atoms with Gasteiger partial charge in [0.2, 0.25) is 5.75 Å². The van der Waals surface area contributed by atoms with Gasteiger partial charge in [0.15, 0.2) is 11.5 Å². The quantitative estimate of drug-likeness (QED) is 0.790. The van der Waals surface area contributed by atoms with Crippen LogP contribution in [0.4, 0.5) is 0 Å². The normalized spacial score (nSPS) is 11.0. The number of hydrogen-bond donors (Lipinski definition) is 1. The third-order valence-electron chi connectivity index (χ3n) is 4.24. The van der Waals surface area contributed by atoms with Crippen molar-refractivity contribution in [2.45, 2.75) is 19.3 Å². The van der Waals surface area contributed by atoms with Crippen LogP contribution < -0.4 is 19.5 Å². The van der Waals surface area contributed by atoms with E-state index in [9.17, 15) is 4.79 Å². The fourth-order valence-electron chi connectivity index (χ4n) is 2.78. The molecule has 0 aromatic heterocycles. The predicted octanol–water partition coefficient (Wildman–Crippen LogP) is 4.07. The summed E-state index contributed by atoms with van der Waals surface area (Å²) < 4.78 is 16.0. The van der Waals surface area contributed by atoms with Crippen LogP contribution in [0.15, 0.2) is 36.4 Å². The van der Waals surface area contributed by atoms with E-state index in [4.69, 9.17) is 25.8 Å². The molecule has 1 N–H and O–H groups in total. The Hall–Kier alpha value is -2.40. The average Bonchev–Trinajstić information content (AvgIpc) is 2.64. The topological polar surface area (TPSA) is 56.8 Å². The molecule has 0 unspecified atom stereocenters. The van der Waals surface area contributed by atoms with Crippen molar-refractivity contribution in [3.63, 3.8) is 0 Å². The average molecular weight is 378 g/mol. The van der Waals surface area contributed by atoms with Gasteiger partial charge in [-0.25, -0.2) is 0 Å². The number of ether oxygens (including phenoxy) is 3. The summed E-state index contributed by atoms with van der Waals surface area (Å²) in [6.45, 7) is 4.47. The van der Waals surface area contributed by atoms with E-state index in [1.54, 1.807) is 12.1 Å². The number of benzene rings is 2. The Balaban J connectivity index is 2.24. The first-order valence-corrected chi connectivity index (χ1v) is 8.55. The molecule has 0 fully saturated rings. The first-order chi connectivity index (χ1) is 12.4. The minimum Gasteiger partial charge on any atom is -0.493 e. The highest BCUT2D eigenvalue weighted by atomic mass is 35.5. The number of amides is 1. The first-order valence-electron chi connectivity index (χ1n) is 8.18. The van der Waals surface area contributed by atoms with Crippen LogP contribution in [0.5, 0.6) is 17.2 Å². The van der Waals surface area contributed by atoms with Crippen LogP contribution in [0, 0.1) is 0 Å². The fourth-order valence-corrected chi connectivity index (χ4v) is 3.17. The fraction of sp³-hybridized carbons (Fsp3) is 0.350. The van der Waals surface area contributed by atoms with E-state index in [2.05, 4.69) is 5.32 Å². The first kappa shape index (κ1) is 19.9. The highest BCUT2D eigenvalue weighted by Gasteiger charge is 2.26.